The maximum absolute atomic E-state index is 11.9. The van der Waals surface area contributed by atoms with Crippen molar-refractivity contribution in [1.29, 1.82) is 0 Å². The van der Waals surface area contributed by atoms with Crippen LogP contribution in [0.4, 0.5) is 6.01 Å². The van der Waals surface area contributed by atoms with Crippen LogP contribution in [-0.4, -0.2) is 36.6 Å². The van der Waals surface area contributed by atoms with E-state index in [1.807, 2.05) is 42.8 Å². The molecule has 0 fully saturated rings. The van der Waals surface area contributed by atoms with Gasteiger partial charge in [-0.1, -0.05) is 46.7 Å². The molecule has 0 saturated heterocycles. The lowest BCUT2D eigenvalue weighted by Gasteiger charge is -2.04. The lowest BCUT2D eigenvalue weighted by Crippen LogP contribution is -2.14. The Balaban J connectivity index is 1.63. The number of rotatable bonds is 5. The molecule has 0 spiro atoms. The zero-order valence-electron chi connectivity index (χ0n) is 13.5. The third kappa shape index (κ3) is 3.62. The second kappa shape index (κ2) is 6.83. The predicted molar refractivity (Wildman–Crippen MR) is 89.6 cm³/mol. The molecule has 1 aromatic carbocycles. The number of thioether (sulfide) groups is 1. The molecule has 0 aliphatic heterocycles. The molecule has 8 nitrogen and oxygen atoms in total. The zero-order chi connectivity index (χ0) is 17.1. The molecule has 124 valence electrons. The van der Waals surface area contributed by atoms with E-state index in [4.69, 9.17) is 4.52 Å². The summed E-state index contributed by atoms with van der Waals surface area (Å²) in [7, 11) is 1.87. The van der Waals surface area contributed by atoms with Gasteiger partial charge >= 0.3 is 6.01 Å². The minimum absolute atomic E-state index is 0.0939. The number of nitrogens with one attached hydrogen (secondary N) is 1. The summed E-state index contributed by atoms with van der Waals surface area (Å²) < 4.78 is 6.71. The van der Waals surface area contributed by atoms with Gasteiger partial charge in [0.1, 0.15) is 0 Å². The van der Waals surface area contributed by atoms with Crippen molar-refractivity contribution in [2.24, 2.45) is 7.05 Å². The van der Waals surface area contributed by atoms with Crippen LogP contribution in [-0.2, 0) is 11.8 Å². The summed E-state index contributed by atoms with van der Waals surface area (Å²) in [6.07, 6.45) is 0. The first-order valence-electron chi connectivity index (χ1n) is 7.22. The van der Waals surface area contributed by atoms with Gasteiger partial charge in [0.2, 0.25) is 5.91 Å². The van der Waals surface area contributed by atoms with E-state index in [0.717, 1.165) is 11.4 Å². The number of carbonyl (C=O) groups is 1. The molecule has 1 amide bonds. The number of amides is 1. The number of nitrogens with zero attached hydrogens (tertiary/aromatic N) is 5. The minimum Gasteiger partial charge on any atom is -0.315 e. The van der Waals surface area contributed by atoms with E-state index in [0.29, 0.717) is 11.0 Å². The van der Waals surface area contributed by atoms with Crippen LogP contribution >= 0.6 is 11.8 Å². The molecule has 0 atom stereocenters. The molecule has 1 N–H and O–H groups in total. The standard InChI is InChI=1S/C15H16N6O2S/c1-9-4-6-11(7-5-9)13-18-19-15(21(13)3)24-8-12(22)17-14-16-10(2)20-23-14/h4-7H,8H2,1-3H3,(H,16,17,20,22). The van der Waals surface area contributed by atoms with Gasteiger partial charge in [0.15, 0.2) is 16.8 Å². The average molecular weight is 344 g/mol. The zero-order valence-corrected chi connectivity index (χ0v) is 14.3. The van der Waals surface area contributed by atoms with Gasteiger partial charge in [-0.05, 0) is 13.8 Å². The summed E-state index contributed by atoms with van der Waals surface area (Å²) in [5, 5.41) is 15.1. The van der Waals surface area contributed by atoms with Crippen molar-refractivity contribution >= 4 is 23.7 Å². The van der Waals surface area contributed by atoms with Crippen LogP contribution in [0, 0.1) is 13.8 Å². The monoisotopic (exact) mass is 344 g/mol. The van der Waals surface area contributed by atoms with E-state index in [9.17, 15) is 4.79 Å². The van der Waals surface area contributed by atoms with Gasteiger partial charge in [-0.25, -0.2) is 0 Å². The fraction of sp³-hybridized carbons (Fsp3) is 0.267. The average Bonchev–Trinajstić information content (AvgIpc) is 3.12. The Morgan fingerprint density at radius 2 is 2.00 bits per heavy atom. The molecular formula is C15H16N6O2S. The van der Waals surface area contributed by atoms with E-state index in [1.54, 1.807) is 6.92 Å². The van der Waals surface area contributed by atoms with Gasteiger partial charge in [-0.3, -0.25) is 10.1 Å². The Morgan fingerprint density at radius 3 is 2.67 bits per heavy atom. The highest BCUT2D eigenvalue weighted by Crippen LogP contribution is 2.23. The predicted octanol–water partition coefficient (Wildman–Crippen LogP) is 2.21. The molecule has 0 aliphatic rings. The maximum Gasteiger partial charge on any atom is 0.328 e. The van der Waals surface area contributed by atoms with E-state index in [2.05, 4.69) is 25.7 Å². The molecule has 9 heteroatoms. The fourth-order valence-corrected chi connectivity index (χ4v) is 2.74. The maximum atomic E-state index is 11.9. The van der Waals surface area contributed by atoms with Gasteiger partial charge in [-0.15, -0.1) is 10.2 Å². The quantitative estimate of drug-likeness (QED) is 0.708. The van der Waals surface area contributed by atoms with Crippen LogP contribution in [0.1, 0.15) is 11.4 Å². The minimum atomic E-state index is -0.247. The van der Waals surface area contributed by atoms with Gasteiger partial charge in [0.25, 0.3) is 0 Å². The first kappa shape index (κ1) is 16.2. The Kier molecular flexibility index (Phi) is 4.61. The molecule has 2 aromatic heterocycles. The number of anilines is 1. The summed E-state index contributed by atoms with van der Waals surface area (Å²) in [4.78, 5) is 15.8. The van der Waals surface area contributed by atoms with Crippen molar-refractivity contribution in [1.82, 2.24) is 24.9 Å². The van der Waals surface area contributed by atoms with Crippen molar-refractivity contribution in [3.63, 3.8) is 0 Å². The number of aromatic nitrogens is 5. The molecule has 24 heavy (non-hydrogen) atoms. The van der Waals surface area contributed by atoms with E-state index < -0.39 is 0 Å². The smallest absolute Gasteiger partial charge is 0.315 e. The van der Waals surface area contributed by atoms with Crippen LogP contribution in [0.5, 0.6) is 0 Å². The van der Waals surface area contributed by atoms with Crippen LogP contribution in [0.2, 0.25) is 0 Å². The topological polar surface area (TPSA) is 98.7 Å². The van der Waals surface area contributed by atoms with E-state index in [1.165, 1.54) is 17.3 Å². The highest BCUT2D eigenvalue weighted by atomic mass is 32.2. The fourth-order valence-electron chi connectivity index (χ4n) is 2.03. The summed E-state index contributed by atoms with van der Waals surface area (Å²) in [5.41, 5.74) is 2.16. The third-order valence-corrected chi connectivity index (χ3v) is 4.27. The van der Waals surface area contributed by atoms with Gasteiger partial charge in [0, 0.05) is 12.6 Å². The number of aryl methyl sites for hydroxylation is 2. The van der Waals surface area contributed by atoms with Gasteiger partial charge < -0.3 is 9.09 Å². The second-order valence-electron chi connectivity index (χ2n) is 5.21. The summed E-state index contributed by atoms with van der Waals surface area (Å²) >= 11 is 1.29. The molecule has 0 aliphatic carbocycles. The van der Waals surface area contributed by atoms with Crippen molar-refractivity contribution in [2.75, 3.05) is 11.1 Å². The lowest BCUT2D eigenvalue weighted by molar-refractivity contribution is -0.114. The lowest BCUT2D eigenvalue weighted by atomic mass is 10.1. The Labute approximate surface area is 142 Å². The number of hydrogen-bond donors (Lipinski definition) is 1. The number of hydrogen-bond acceptors (Lipinski definition) is 7. The molecule has 3 aromatic rings. The summed E-state index contributed by atoms with van der Waals surface area (Å²) in [5.74, 6) is 1.14. The third-order valence-electron chi connectivity index (χ3n) is 3.25. The van der Waals surface area contributed by atoms with E-state index >= 15 is 0 Å². The van der Waals surface area contributed by atoms with Crippen molar-refractivity contribution in [2.45, 2.75) is 19.0 Å². The van der Waals surface area contributed by atoms with Crippen LogP contribution in [0.15, 0.2) is 33.9 Å². The Bertz CT molecular complexity index is 855. The molecule has 0 saturated carbocycles. The molecule has 0 radical (unpaired) electrons. The van der Waals surface area contributed by atoms with Crippen LogP contribution < -0.4 is 5.32 Å². The van der Waals surface area contributed by atoms with Crippen molar-refractivity contribution in [3.8, 4) is 11.4 Å². The van der Waals surface area contributed by atoms with Gasteiger partial charge in [0.05, 0.1) is 5.75 Å². The van der Waals surface area contributed by atoms with E-state index in [-0.39, 0.29) is 17.7 Å². The van der Waals surface area contributed by atoms with Gasteiger partial charge in [-0.2, -0.15) is 4.98 Å². The highest BCUT2D eigenvalue weighted by molar-refractivity contribution is 7.99. The summed E-state index contributed by atoms with van der Waals surface area (Å²) in [6.45, 7) is 3.71. The normalized spacial score (nSPS) is 10.8. The Morgan fingerprint density at radius 1 is 1.25 bits per heavy atom. The first-order chi connectivity index (χ1) is 11.5. The SMILES string of the molecule is Cc1ccc(-c2nnc(SCC(=O)Nc3nc(C)no3)n2C)cc1. The number of carbonyl (C=O) groups excluding carboxylic acids is 1. The second-order valence-corrected chi connectivity index (χ2v) is 6.16. The molecule has 0 unspecified atom stereocenters. The molecule has 3 rings (SSSR count). The molecule has 2 heterocycles. The van der Waals surface area contributed by atoms with Crippen molar-refractivity contribution in [3.05, 3.63) is 35.7 Å². The van der Waals surface area contributed by atoms with Crippen molar-refractivity contribution < 1.29 is 9.32 Å². The highest BCUT2D eigenvalue weighted by Gasteiger charge is 2.14. The largest absolute Gasteiger partial charge is 0.328 e. The first-order valence-corrected chi connectivity index (χ1v) is 8.21. The molecular weight excluding hydrogens is 328 g/mol. The summed E-state index contributed by atoms with van der Waals surface area (Å²) in [6, 6.07) is 8.14. The van der Waals surface area contributed by atoms with Crippen LogP contribution in [0.25, 0.3) is 11.4 Å². The number of benzene rings is 1. The Hall–Kier alpha value is -2.68. The molecule has 0 bridgehead atoms. The van der Waals surface area contributed by atoms with Crippen LogP contribution in [0.3, 0.4) is 0 Å².